The van der Waals surface area contributed by atoms with Gasteiger partial charge in [0.2, 0.25) is 0 Å². The van der Waals surface area contributed by atoms with Crippen molar-refractivity contribution in [2.45, 2.75) is 26.3 Å². The summed E-state index contributed by atoms with van der Waals surface area (Å²) >= 11 is 0. The number of carbonyl (C=O) groups is 1. The molecule has 0 bridgehead atoms. The summed E-state index contributed by atoms with van der Waals surface area (Å²) in [4.78, 5) is 14.6. The molecule has 0 radical (unpaired) electrons. The van der Waals surface area contributed by atoms with Crippen LogP contribution >= 0.6 is 0 Å². The van der Waals surface area contributed by atoms with E-state index in [2.05, 4.69) is 11.2 Å². The quantitative estimate of drug-likeness (QED) is 0.910. The lowest BCUT2D eigenvalue weighted by Gasteiger charge is -2.19. The molecule has 1 aliphatic heterocycles. The number of nitrogen functional groups attached to an aromatic ring is 1. The van der Waals surface area contributed by atoms with Crippen LogP contribution in [0.5, 0.6) is 0 Å². The normalized spacial score (nSPS) is 13.8. The van der Waals surface area contributed by atoms with E-state index in [0.29, 0.717) is 17.9 Å². The highest BCUT2D eigenvalue weighted by molar-refractivity contribution is 6.09. The Hall–Kier alpha value is -2.30. The molecule has 1 aromatic carbocycles. The topological polar surface area (TPSA) is 64.2 Å². The first-order valence-corrected chi connectivity index (χ1v) is 6.82. The van der Waals surface area contributed by atoms with Crippen LogP contribution in [-0.2, 0) is 6.42 Å². The first-order chi connectivity index (χ1) is 9.59. The second-order valence-corrected chi connectivity index (χ2v) is 5.32. The zero-order valence-electron chi connectivity index (χ0n) is 11.7. The smallest absolute Gasteiger partial charge is 0.278 e. The molecule has 3 rings (SSSR count). The Morgan fingerprint density at radius 1 is 1.35 bits per heavy atom. The monoisotopic (exact) mass is 270 g/mol. The number of carbonyl (C=O) groups excluding carboxylic acids is 1. The van der Waals surface area contributed by atoms with E-state index >= 15 is 0 Å². The van der Waals surface area contributed by atoms with Crippen LogP contribution in [0.15, 0.2) is 30.5 Å². The van der Waals surface area contributed by atoms with Crippen LogP contribution in [-0.4, -0.2) is 22.2 Å². The number of para-hydroxylation sites is 1. The van der Waals surface area contributed by atoms with Crippen LogP contribution in [0.25, 0.3) is 0 Å². The molecule has 0 aliphatic carbocycles. The minimum atomic E-state index is -0.0707. The van der Waals surface area contributed by atoms with Crippen molar-refractivity contribution in [2.75, 3.05) is 17.2 Å². The molecule has 1 amide bonds. The molecule has 2 heterocycles. The van der Waals surface area contributed by atoms with Gasteiger partial charge in [0, 0.05) is 18.3 Å². The van der Waals surface area contributed by atoms with E-state index in [1.54, 1.807) is 15.8 Å². The second kappa shape index (κ2) is 4.67. The van der Waals surface area contributed by atoms with Crippen molar-refractivity contribution >= 4 is 17.3 Å². The molecule has 1 aliphatic rings. The Morgan fingerprint density at radius 3 is 2.85 bits per heavy atom. The molecule has 1 aromatic heterocycles. The summed E-state index contributed by atoms with van der Waals surface area (Å²) in [5.74, 6) is -0.0707. The number of benzene rings is 1. The highest BCUT2D eigenvalue weighted by Gasteiger charge is 2.29. The number of nitrogens with zero attached hydrogens (tertiary/aromatic N) is 3. The molecular formula is C15H18N4O. The average molecular weight is 270 g/mol. The number of amides is 1. The van der Waals surface area contributed by atoms with E-state index in [1.807, 2.05) is 32.0 Å². The van der Waals surface area contributed by atoms with Crippen molar-refractivity contribution < 1.29 is 4.79 Å². The molecule has 0 saturated heterocycles. The molecule has 0 atom stereocenters. The fraction of sp³-hybridized carbons (Fsp3) is 0.333. The van der Waals surface area contributed by atoms with E-state index in [0.717, 1.165) is 12.1 Å². The molecule has 0 unspecified atom stereocenters. The molecular weight excluding hydrogens is 252 g/mol. The van der Waals surface area contributed by atoms with E-state index < -0.39 is 0 Å². The third kappa shape index (κ3) is 1.86. The SMILES string of the molecule is CC(C)n1ncc(N)c1C(=O)N1CCc2ccccc21. The maximum absolute atomic E-state index is 12.8. The lowest BCUT2D eigenvalue weighted by atomic mass is 10.2. The molecule has 5 nitrogen and oxygen atoms in total. The number of hydrogen-bond donors (Lipinski definition) is 1. The van der Waals surface area contributed by atoms with Crippen LogP contribution in [0.2, 0.25) is 0 Å². The Labute approximate surface area is 118 Å². The van der Waals surface area contributed by atoms with Gasteiger partial charge in [0.05, 0.1) is 11.9 Å². The maximum atomic E-state index is 12.8. The Balaban J connectivity index is 2.01. The van der Waals surface area contributed by atoms with Gasteiger partial charge in [-0.25, -0.2) is 0 Å². The minimum Gasteiger partial charge on any atom is -0.396 e. The van der Waals surface area contributed by atoms with Crippen LogP contribution < -0.4 is 10.6 Å². The predicted octanol–water partition coefficient (Wildman–Crippen LogP) is 2.25. The van der Waals surface area contributed by atoms with Gasteiger partial charge in [0.15, 0.2) is 0 Å². The van der Waals surface area contributed by atoms with Crippen molar-refractivity contribution in [3.8, 4) is 0 Å². The molecule has 104 valence electrons. The van der Waals surface area contributed by atoms with E-state index in [-0.39, 0.29) is 11.9 Å². The number of aromatic nitrogens is 2. The second-order valence-electron chi connectivity index (χ2n) is 5.32. The number of hydrogen-bond acceptors (Lipinski definition) is 3. The first kappa shape index (κ1) is 12.7. The average Bonchev–Trinajstić information content (AvgIpc) is 3.01. The van der Waals surface area contributed by atoms with Gasteiger partial charge in [-0.2, -0.15) is 5.10 Å². The zero-order chi connectivity index (χ0) is 14.3. The standard InChI is InChI=1S/C15H18N4O/c1-10(2)19-14(12(16)9-17-19)15(20)18-8-7-11-5-3-4-6-13(11)18/h3-6,9-10H,7-8,16H2,1-2H3. The van der Waals surface area contributed by atoms with Crippen LogP contribution in [0, 0.1) is 0 Å². The fourth-order valence-electron chi connectivity index (χ4n) is 2.67. The zero-order valence-corrected chi connectivity index (χ0v) is 11.7. The molecule has 0 spiro atoms. The number of rotatable bonds is 2. The van der Waals surface area contributed by atoms with Crippen molar-refractivity contribution in [3.05, 3.63) is 41.7 Å². The van der Waals surface area contributed by atoms with Crippen LogP contribution in [0.3, 0.4) is 0 Å². The largest absolute Gasteiger partial charge is 0.396 e. The lowest BCUT2D eigenvalue weighted by Crippen LogP contribution is -2.32. The summed E-state index contributed by atoms with van der Waals surface area (Å²) < 4.78 is 1.69. The summed E-state index contributed by atoms with van der Waals surface area (Å²) in [6.45, 7) is 4.67. The maximum Gasteiger partial charge on any atom is 0.278 e. The highest BCUT2D eigenvalue weighted by Crippen LogP contribution is 2.30. The third-order valence-electron chi connectivity index (χ3n) is 3.65. The van der Waals surface area contributed by atoms with Gasteiger partial charge >= 0.3 is 0 Å². The Kier molecular flexibility index (Phi) is 2.97. The van der Waals surface area contributed by atoms with Crippen molar-refractivity contribution in [2.24, 2.45) is 0 Å². The molecule has 2 aromatic rings. The van der Waals surface area contributed by atoms with Crippen LogP contribution in [0.1, 0.15) is 35.9 Å². The Morgan fingerprint density at radius 2 is 2.10 bits per heavy atom. The predicted molar refractivity (Wildman–Crippen MR) is 78.8 cm³/mol. The third-order valence-corrected chi connectivity index (χ3v) is 3.65. The van der Waals surface area contributed by atoms with Gasteiger partial charge in [-0.3, -0.25) is 9.48 Å². The van der Waals surface area contributed by atoms with Crippen molar-refractivity contribution in [1.82, 2.24) is 9.78 Å². The first-order valence-electron chi connectivity index (χ1n) is 6.82. The summed E-state index contributed by atoms with van der Waals surface area (Å²) in [5, 5.41) is 4.21. The molecule has 5 heteroatoms. The minimum absolute atomic E-state index is 0.0707. The van der Waals surface area contributed by atoms with Crippen molar-refractivity contribution in [3.63, 3.8) is 0 Å². The van der Waals surface area contributed by atoms with E-state index in [9.17, 15) is 4.79 Å². The number of fused-ring (bicyclic) bond motifs is 1. The highest BCUT2D eigenvalue weighted by atomic mass is 16.2. The van der Waals surface area contributed by atoms with Gasteiger partial charge in [-0.05, 0) is 31.9 Å². The van der Waals surface area contributed by atoms with Gasteiger partial charge in [-0.1, -0.05) is 18.2 Å². The van der Waals surface area contributed by atoms with Gasteiger partial charge < -0.3 is 10.6 Å². The van der Waals surface area contributed by atoms with Gasteiger partial charge in [0.1, 0.15) is 5.69 Å². The summed E-state index contributed by atoms with van der Waals surface area (Å²) in [7, 11) is 0. The van der Waals surface area contributed by atoms with E-state index in [4.69, 9.17) is 5.73 Å². The summed E-state index contributed by atoms with van der Waals surface area (Å²) in [6.07, 6.45) is 2.44. The number of nitrogens with two attached hydrogens (primary N) is 1. The van der Waals surface area contributed by atoms with E-state index in [1.165, 1.54) is 5.56 Å². The van der Waals surface area contributed by atoms with Crippen molar-refractivity contribution in [1.29, 1.82) is 0 Å². The lowest BCUT2D eigenvalue weighted by molar-refractivity contribution is 0.0978. The Bertz CT molecular complexity index is 660. The fourth-order valence-corrected chi connectivity index (χ4v) is 2.67. The molecule has 0 fully saturated rings. The van der Waals surface area contributed by atoms with Gasteiger partial charge in [0.25, 0.3) is 5.91 Å². The molecule has 2 N–H and O–H groups in total. The molecule has 20 heavy (non-hydrogen) atoms. The van der Waals surface area contributed by atoms with Gasteiger partial charge in [-0.15, -0.1) is 0 Å². The number of anilines is 2. The van der Waals surface area contributed by atoms with Crippen LogP contribution in [0.4, 0.5) is 11.4 Å². The summed E-state index contributed by atoms with van der Waals surface area (Å²) in [6, 6.07) is 8.09. The summed E-state index contributed by atoms with van der Waals surface area (Å²) in [5.41, 5.74) is 9.04. The molecule has 0 saturated carbocycles.